The fourth-order valence-electron chi connectivity index (χ4n) is 1.73. The van der Waals surface area contributed by atoms with Crippen molar-refractivity contribution in [2.45, 2.75) is 6.18 Å². The van der Waals surface area contributed by atoms with Crippen molar-refractivity contribution in [3.05, 3.63) is 52.6 Å². The molecule has 134 valence electrons. The van der Waals surface area contributed by atoms with Crippen molar-refractivity contribution in [1.29, 1.82) is 0 Å². The first-order valence-corrected chi connectivity index (χ1v) is 7.95. The number of halogens is 4. The van der Waals surface area contributed by atoms with Crippen LogP contribution in [0.15, 0.2) is 47.1 Å². The van der Waals surface area contributed by atoms with E-state index in [2.05, 4.69) is 31.0 Å². The molecule has 2 aromatic rings. The zero-order chi connectivity index (χ0) is 18.3. The van der Waals surface area contributed by atoms with Crippen molar-refractivity contribution in [2.24, 2.45) is 0 Å². The average Bonchev–Trinajstić information content (AvgIpc) is 2.56. The molecule has 0 radical (unpaired) electrons. The van der Waals surface area contributed by atoms with Crippen LogP contribution in [0, 0.1) is 0 Å². The highest BCUT2D eigenvalue weighted by atomic mass is 79.9. The van der Waals surface area contributed by atoms with Crippen LogP contribution in [0.2, 0.25) is 0 Å². The molecule has 1 amide bonds. The number of benzene rings is 1. The molecule has 0 bridgehead atoms. The first kappa shape index (κ1) is 19.2. The lowest BCUT2D eigenvalue weighted by Crippen LogP contribution is -2.28. The van der Waals surface area contributed by atoms with Crippen LogP contribution in [0.3, 0.4) is 0 Å². The lowest BCUT2D eigenvalue weighted by atomic mass is 10.2. The highest BCUT2D eigenvalue weighted by Gasteiger charge is 2.27. The van der Waals surface area contributed by atoms with Crippen molar-refractivity contribution in [2.75, 3.05) is 19.8 Å². The van der Waals surface area contributed by atoms with Gasteiger partial charge in [0.2, 0.25) is 5.88 Å². The Labute approximate surface area is 150 Å². The molecule has 1 aromatic carbocycles. The van der Waals surface area contributed by atoms with Gasteiger partial charge < -0.3 is 14.8 Å². The Kier molecular flexibility index (Phi) is 6.77. The lowest BCUT2D eigenvalue weighted by Gasteiger charge is -2.09. The summed E-state index contributed by atoms with van der Waals surface area (Å²) in [5.74, 6) is 0.445. The highest BCUT2D eigenvalue weighted by Crippen LogP contribution is 2.21. The molecule has 0 spiro atoms. The number of carbonyl (C=O) groups is 1. The zero-order valence-electron chi connectivity index (χ0n) is 12.8. The summed E-state index contributed by atoms with van der Waals surface area (Å²) in [4.78, 5) is 15.9. The summed E-state index contributed by atoms with van der Waals surface area (Å²) in [6.07, 6.45) is -3.06. The SMILES string of the molecule is O=C(NCCOCC(F)(F)F)c1ccc(Oc2ccc(Br)cc2)nc1. The predicted molar refractivity (Wildman–Crippen MR) is 87.7 cm³/mol. The van der Waals surface area contributed by atoms with E-state index in [1.807, 2.05) is 12.1 Å². The van der Waals surface area contributed by atoms with Gasteiger partial charge in [0.25, 0.3) is 5.91 Å². The molecule has 0 saturated heterocycles. The van der Waals surface area contributed by atoms with E-state index in [9.17, 15) is 18.0 Å². The van der Waals surface area contributed by atoms with Gasteiger partial charge in [-0.25, -0.2) is 4.98 Å². The number of aromatic nitrogens is 1. The van der Waals surface area contributed by atoms with Gasteiger partial charge >= 0.3 is 6.18 Å². The number of alkyl halides is 3. The second-order valence-electron chi connectivity index (χ2n) is 4.86. The Balaban J connectivity index is 1.78. The third kappa shape index (κ3) is 7.10. The first-order chi connectivity index (χ1) is 11.8. The van der Waals surface area contributed by atoms with Gasteiger partial charge in [-0.1, -0.05) is 15.9 Å². The maximum atomic E-state index is 11.9. The van der Waals surface area contributed by atoms with Crippen molar-refractivity contribution < 1.29 is 27.4 Å². The lowest BCUT2D eigenvalue weighted by molar-refractivity contribution is -0.173. The molecule has 25 heavy (non-hydrogen) atoms. The van der Waals surface area contributed by atoms with E-state index in [1.165, 1.54) is 18.3 Å². The summed E-state index contributed by atoms with van der Waals surface area (Å²) in [5.41, 5.74) is 0.263. The summed E-state index contributed by atoms with van der Waals surface area (Å²) < 4.78 is 46.5. The number of nitrogens with zero attached hydrogens (tertiary/aromatic N) is 1. The first-order valence-electron chi connectivity index (χ1n) is 7.16. The van der Waals surface area contributed by atoms with Gasteiger partial charge in [-0.3, -0.25) is 4.79 Å². The maximum absolute atomic E-state index is 11.9. The van der Waals surface area contributed by atoms with Crippen molar-refractivity contribution >= 4 is 21.8 Å². The van der Waals surface area contributed by atoms with Gasteiger partial charge in [-0.05, 0) is 30.3 Å². The molecule has 1 heterocycles. The molecule has 0 unspecified atom stereocenters. The highest BCUT2D eigenvalue weighted by molar-refractivity contribution is 9.10. The Morgan fingerprint density at radius 1 is 1.16 bits per heavy atom. The van der Waals surface area contributed by atoms with Crippen LogP contribution in [-0.4, -0.2) is 36.8 Å². The standard InChI is InChI=1S/C16H14BrF3N2O3/c17-12-2-4-13(5-3-12)25-14-6-1-11(9-22-14)15(23)21-7-8-24-10-16(18,19)20/h1-6,9H,7-8,10H2,(H,21,23). The van der Waals surface area contributed by atoms with Crippen LogP contribution in [0.5, 0.6) is 11.6 Å². The Morgan fingerprint density at radius 3 is 2.48 bits per heavy atom. The minimum absolute atomic E-state index is 0.0357. The second kappa shape index (κ2) is 8.82. The fourth-order valence-corrected chi connectivity index (χ4v) is 1.99. The molecule has 0 aliphatic heterocycles. The number of pyridine rings is 1. The van der Waals surface area contributed by atoms with Crippen LogP contribution in [0.4, 0.5) is 13.2 Å². The van der Waals surface area contributed by atoms with Gasteiger partial charge in [0.05, 0.1) is 12.2 Å². The Morgan fingerprint density at radius 2 is 1.88 bits per heavy atom. The number of hydrogen-bond acceptors (Lipinski definition) is 4. The fraction of sp³-hybridized carbons (Fsp3) is 0.250. The minimum atomic E-state index is -4.38. The molecule has 0 aliphatic carbocycles. The van der Waals surface area contributed by atoms with Gasteiger partial charge in [0.1, 0.15) is 12.4 Å². The number of rotatable bonds is 7. The molecule has 0 atom stereocenters. The summed E-state index contributed by atoms with van der Waals surface area (Å²) in [7, 11) is 0. The molecule has 5 nitrogen and oxygen atoms in total. The van der Waals surface area contributed by atoms with Crippen LogP contribution < -0.4 is 10.1 Å². The van der Waals surface area contributed by atoms with Crippen LogP contribution in [-0.2, 0) is 4.74 Å². The Hall–Kier alpha value is -2.13. The van der Waals surface area contributed by atoms with Gasteiger partial charge in [-0.2, -0.15) is 13.2 Å². The quantitative estimate of drug-likeness (QED) is 0.691. The molecule has 1 N–H and O–H groups in total. The van der Waals surface area contributed by atoms with Crippen LogP contribution >= 0.6 is 15.9 Å². The normalized spacial score (nSPS) is 11.2. The maximum Gasteiger partial charge on any atom is 0.411 e. The molecule has 0 aliphatic rings. The third-order valence-corrected chi connectivity index (χ3v) is 3.36. The van der Waals surface area contributed by atoms with E-state index in [0.29, 0.717) is 11.6 Å². The predicted octanol–water partition coefficient (Wildman–Crippen LogP) is 3.95. The molecule has 1 aromatic heterocycles. The Bertz CT molecular complexity index is 691. The van der Waals surface area contributed by atoms with E-state index in [4.69, 9.17) is 4.74 Å². The van der Waals surface area contributed by atoms with E-state index < -0.39 is 18.7 Å². The van der Waals surface area contributed by atoms with Gasteiger partial charge in [0, 0.05) is 23.3 Å². The van der Waals surface area contributed by atoms with Gasteiger partial charge in [0.15, 0.2) is 0 Å². The van der Waals surface area contributed by atoms with Gasteiger partial charge in [-0.15, -0.1) is 0 Å². The topological polar surface area (TPSA) is 60.5 Å². The number of nitrogens with one attached hydrogen (secondary N) is 1. The molecule has 2 rings (SSSR count). The van der Waals surface area contributed by atoms with Crippen molar-refractivity contribution in [3.63, 3.8) is 0 Å². The van der Waals surface area contributed by atoms with Crippen molar-refractivity contribution in [3.8, 4) is 11.6 Å². The van der Waals surface area contributed by atoms with Crippen LogP contribution in [0.1, 0.15) is 10.4 Å². The molecular weight excluding hydrogens is 405 g/mol. The smallest absolute Gasteiger partial charge is 0.411 e. The molecule has 0 saturated carbocycles. The molecule has 0 fully saturated rings. The van der Waals surface area contributed by atoms with E-state index >= 15 is 0 Å². The average molecular weight is 419 g/mol. The van der Waals surface area contributed by atoms with E-state index in [1.54, 1.807) is 12.1 Å². The third-order valence-electron chi connectivity index (χ3n) is 2.83. The number of carbonyl (C=O) groups excluding carboxylic acids is 1. The number of ether oxygens (including phenoxy) is 2. The largest absolute Gasteiger partial charge is 0.439 e. The minimum Gasteiger partial charge on any atom is -0.439 e. The molecule has 9 heteroatoms. The summed E-state index contributed by atoms with van der Waals surface area (Å²) in [6, 6.07) is 10.2. The summed E-state index contributed by atoms with van der Waals surface area (Å²) in [6.45, 7) is -1.61. The summed E-state index contributed by atoms with van der Waals surface area (Å²) >= 11 is 3.32. The zero-order valence-corrected chi connectivity index (χ0v) is 14.4. The van der Waals surface area contributed by atoms with Crippen molar-refractivity contribution in [1.82, 2.24) is 10.3 Å². The molecular formula is C16H14BrF3N2O3. The van der Waals surface area contributed by atoms with E-state index in [-0.39, 0.29) is 18.7 Å². The second-order valence-corrected chi connectivity index (χ2v) is 5.78. The monoisotopic (exact) mass is 418 g/mol. The number of amides is 1. The summed E-state index contributed by atoms with van der Waals surface area (Å²) in [5, 5.41) is 2.44. The van der Waals surface area contributed by atoms with E-state index in [0.717, 1.165) is 4.47 Å². The van der Waals surface area contributed by atoms with Crippen LogP contribution in [0.25, 0.3) is 0 Å². The number of hydrogen-bond donors (Lipinski definition) is 1.